The van der Waals surface area contributed by atoms with Crippen LogP contribution in [0.3, 0.4) is 0 Å². The fraction of sp³-hybridized carbons (Fsp3) is 0.421. The van der Waals surface area contributed by atoms with E-state index in [1.165, 1.54) is 4.90 Å². The summed E-state index contributed by atoms with van der Waals surface area (Å²) >= 11 is 0. The second-order valence-electron chi connectivity index (χ2n) is 7.17. The van der Waals surface area contributed by atoms with Crippen molar-refractivity contribution < 1.29 is 18.7 Å². The molecule has 1 aromatic rings. The number of nitrogens with one attached hydrogen (secondary N) is 1. The highest BCUT2D eigenvalue weighted by atomic mass is 19.1. The minimum atomic E-state index is -2.39. The summed E-state index contributed by atoms with van der Waals surface area (Å²) in [6.45, 7) is 0.498. The Hall–Kier alpha value is -2.72. The molecule has 6 nitrogen and oxygen atoms in total. The van der Waals surface area contributed by atoms with Gasteiger partial charge in [-0.05, 0) is 24.0 Å². The normalized spacial score (nSPS) is 37.5. The number of carbonyl (C=O) groups is 2. The summed E-state index contributed by atoms with van der Waals surface area (Å²) in [5.74, 6) is -2.54. The highest BCUT2D eigenvalue weighted by molar-refractivity contribution is 6.04. The van der Waals surface area contributed by atoms with E-state index < -0.39 is 41.7 Å². The number of rotatable bonds is 1. The van der Waals surface area contributed by atoms with Gasteiger partial charge in [-0.2, -0.15) is 5.26 Å². The molecule has 26 heavy (non-hydrogen) atoms. The van der Waals surface area contributed by atoms with Crippen LogP contribution in [0.15, 0.2) is 35.9 Å². The van der Waals surface area contributed by atoms with E-state index in [4.69, 9.17) is 4.74 Å². The molecule has 5 aliphatic rings. The molecule has 1 N–H and O–H groups in total. The van der Waals surface area contributed by atoms with Crippen LogP contribution >= 0.6 is 0 Å². The molecule has 1 aromatic carbocycles. The zero-order valence-corrected chi connectivity index (χ0v) is 13.8. The van der Waals surface area contributed by atoms with Crippen LogP contribution in [0.2, 0.25) is 0 Å². The fourth-order valence-electron chi connectivity index (χ4n) is 4.99. The van der Waals surface area contributed by atoms with Crippen molar-refractivity contribution in [2.75, 3.05) is 6.61 Å². The third-order valence-corrected chi connectivity index (χ3v) is 5.97. The van der Waals surface area contributed by atoms with Gasteiger partial charge < -0.3 is 4.74 Å². The van der Waals surface area contributed by atoms with E-state index in [1.54, 1.807) is 18.2 Å². The third kappa shape index (κ3) is 1.72. The van der Waals surface area contributed by atoms with E-state index in [1.807, 2.05) is 12.1 Å². The quantitative estimate of drug-likeness (QED) is 0.838. The second kappa shape index (κ2) is 5.15. The summed E-state index contributed by atoms with van der Waals surface area (Å²) in [6, 6.07) is 7.68. The number of nitriles is 1. The molecule has 6 rings (SSSR count). The zero-order chi connectivity index (χ0) is 18.1. The van der Waals surface area contributed by atoms with Crippen molar-refractivity contribution in [3.05, 3.63) is 47.0 Å². The molecule has 0 saturated carbocycles. The van der Waals surface area contributed by atoms with Gasteiger partial charge in [-0.1, -0.05) is 30.3 Å². The van der Waals surface area contributed by atoms with Gasteiger partial charge in [0.25, 0.3) is 5.91 Å². The lowest BCUT2D eigenvalue weighted by atomic mass is 9.57. The first kappa shape index (κ1) is 15.5. The van der Waals surface area contributed by atoms with Gasteiger partial charge in [-0.3, -0.25) is 15.0 Å². The number of hydrogen-bond donors (Lipinski definition) is 1. The topological polar surface area (TPSA) is 82.4 Å². The molecule has 2 fully saturated rings. The molecule has 2 aliphatic heterocycles. The molecule has 0 unspecified atom stereocenters. The molecule has 7 heteroatoms. The standard InChI is InChI=1S/C19H16FN3O3/c20-19-15-10(9-21)8-13(11-4-1-2-5-12(11)15)16(19)23(14-6-3-7-26-14)18(25)22-17(19)24/h1-2,4-5,8,13-16H,3,6-7H2,(H,22,24,25)/t13-,14-,15+,16+,19+/m0/s1. The number of amides is 3. The Morgan fingerprint density at radius 1 is 1.31 bits per heavy atom. The molecule has 0 aromatic heterocycles. The van der Waals surface area contributed by atoms with Crippen molar-refractivity contribution in [1.82, 2.24) is 10.2 Å². The number of imide groups is 1. The molecule has 0 radical (unpaired) electrons. The predicted molar refractivity (Wildman–Crippen MR) is 87.6 cm³/mol. The van der Waals surface area contributed by atoms with Gasteiger partial charge >= 0.3 is 6.03 Å². The number of ether oxygens (including phenoxy) is 1. The van der Waals surface area contributed by atoms with Gasteiger partial charge in [0.1, 0.15) is 6.23 Å². The van der Waals surface area contributed by atoms with Crippen LogP contribution in [0.5, 0.6) is 0 Å². The average molecular weight is 353 g/mol. The number of hydrogen-bond acceptors (Lipinski definition) is 4. The second-order valence-corrected chi connectivity index (χ2v) is 7.17. The lowest BCUT2D eigenvalue weighted by Crippen LogP contribution is -2.75. The lowest BCUT2D eigenvalue weighted by molar-refractivity contribution is -0.150. The Labute approximate surface area is 149 Å². The molecule has 2 saturated heterocycles. The van der Waals surface area contributed by atoms with E-state index in [2.05, 4.69) is 11.4 Å². The Bertz CT molecular complexity index is 902. The maximum absolute atomic E-state index is 16.4. The lowest BCUT2D eigenvalue weighted by Gasteiger charge is -2.56. The summed E-state index contributed by atoms with van der Waals surface area (Å²) < 4.78 is 22.1. The zero-order valence-electron chi connectivity index (χ0n) is 13.8. The van der Waals surface area contributed by atoms with Gasteiger partial charge in [0.2, 0.25) is 5.67 Å². The number of allylic oxidation sites excluding steroid dienone is 1. The molecule has 2 bridgehead atoms. The van der Waals surface area contributed by atoms with E-state index in [9.17, 15) is 14.9 Å². The molecule has 132 valence electrons. The van der Waals surface area contributed by atoms with Crippen LogP contribution in [0.25, 0.3) is 0 Å². The largest absolute Gasteiger partial charge is 0.358 e. The highest BCUT2D eigenvalue weighted by Gasteiger charge is 2.68. The first-order chi connectivity index (χ1) is 12.6. The number of alkyl halides is 1. The smallest absolute Gasteiger partial charge is 0.326 e. The molecule has 2 heterocycles. The number of nitrogens with zero attached hydrogens (tertiary/aromatic N) is 2. The molecule has 3 amide bonds. The third-order valence-electron chi connectivity index (χ3n) is 5.97. The monoisotopic (exact) mass is 353 g/mol. The van der Waals surface area contributed by atoms with E-state index >= 15 is 4.39 Å². The number of halogens is 1. The summed E-state index contributed by atoms with van der Waals surface area (Å²) in [5.41, 5.74) is -0.643. The van der Waals surface area contributed by atoms with Crippen LogP contribution in [0, 0.1) is 11.3 Å². The molecule has 3 aliphatic carbocycles. The Morgan fingerprint density at radius 2 is 2.08 bits per heavy atom. The Morgan fingerprint density at radius 3 is 2.77 bits per heavy atom. The summed E-state index contributed by atoms with van der Waals surface area (Å²) in [5, 5.41) is 11.7. The Kier molecular flexibility index (Phi) is 3.07. The Balaban J connectivity index is 1.75. The number of urea groups is 1. The molecular formula is C19H16FN3O3. The molecule has 5 atom stereocenters. The minimum absolute atomic E-state index is 0.240. The van der Waals surface area contributed by atoms with Crippen molar-refractivity contribution in [1.29, 1.82) is 5.26 Å². The summed E-state index contributed by atoms with van der Waals surface area (Å²) in [4.78, 5) is 26.6. The number of carbonyl (C=O) groups excluding carboxylic acids is 2. The maximum Gasteiger partial charge on any atom is 0.326 e. The van der Waals surface area contributed by atoms with Crippen molar-refractivity contribution in [3.8, 4) is 6.07 Å². The van der Waals surface area contributed by atoms with Crippen LogP contribution in [0.1, 0.15) is 35.8 Å². The summed E-state index contributed by atoms with van der Waals surface area (Å²) in [6.07, 6.45) is 2.53. The van der Waals surface area contributed by atoms with E-state index in [0.717, 1.165) is 12.0 Å². The van der Waals surface area contributed by atoms with E-state index in [-0.39, 0.29) is 5.57 Å². The van der Waals surface area contributed by atoms with E-state index in [0.29, 0.717) is 18.6 Å². The fourth-order valence-corrected chi connectivity index (χ4v) is 4.99. The minimum Gasteiger partial charge on any atom is -0.358 e. The van der Waals surface area contributed by atoms with Crippen molar-refractivity contribution in [3.63, 3.8) is 0 Å². The van der Waals surface area contributed by atoms with Crippen LogP contribution < -0.4 is 5.32 Å². The van der Waals surface area contributed by atoms with Gasteiger partial charge in [0.15, 0.2) is 0 Å². The van der Waals surface area contributed by atoms with Gasteiger partial charge in [-0.25, -0.2) is 9.18 Å². The van der Waals surface area contributed by atoms with Gasteiger partial charge in [0, 0.05) is 18.1 Å². The number of benzene rings is 1. The maximum atomic E-state index is 16.4. The van der Waals surface area contributed by atoms with Crippen molar-refractivity contribution in [2.24, 2.45) is 0 Å². The SMILES string of the molecule is N#CC1=C[C@H]2c3ccccc3[C@@H]1[C@]1(F)C(=O)NC(=O)N([C@@H]3CCCO3)[C@H]21. The molecular weight excluding hydrogens is 337 g/mol. The van der Waals surface area contributed by atoms with Gasteiger partial charge in [0.05, 0.1) is 18.0 Å². The van der Waals surface area contributed by atoms with Crippen LogP contribution in [0.4, 0.5) is 9.18 Å². The van der Waals surface area contributed by atoms with Gasteiger partial charge in [-0.15, -0.1) is 0 Å². The highest BCUT2D eigenvalue weighted by Crippen LogP contribution is 2.58. The first-order valence-electron chi connectivity index (χ1n) is 8.72. The molecule has 0 spiro atoms. The van der Waals surface area contributed by atoms with Crippen molar-refractivity contribution in [2.45, 2.75) is 42.6 Å². The summed E-state index contributed by atoms with van der Waals surface area (Å²) in [7, 11) is 0. The predicted octanol–water partition coefficient (Wildman–Crippen LogP) is 2.10. The van der Waals surface area contributed by atoms with Crippen LogP contribution in [-0.2, 0) is 9.53 Å². The first-order valence-corrected chi connectivity index (χ1v) is 8.72. The average Bonchev–Trinajstić information content (AvgIpc) is 3.17. The van der Waals surface area contributed by atoms with Crippen LogP contribution in [-0.4, -0.2) is 41.4 Å². The van der Waals surface area contributed by atoms with Crippen molar-refractivity contribution >= 4 is 11.9 Å².